The Kier molecular flexibility index (Phi) is 2.90. The largest absolute Gasteiger partial charge is 0.477 e. The second-order valence-corrected chi connectivity index (χ2v) is 3.62. The van der Waals surface area contributed by atoms with Crippen molar-refractivity contribution >= 4 is 5.78 Å². The molecule has 1 aliphatic rings. The van der Waals surface area contributed by atoms with Crippen LogP contribution in [0.15, 0.2) is 36.2 Å². The number of hydrogen-bond donors (Lipinski definition) is 0. The minimum absolute atomic E-state index is 0.177. The summed E-state index contributed by atoms with van der Waals surface area (Å²) in [4.78, 5) is 13.6. The van der Waals surface area contributed by atoms with E-state index in [-0.39, 0.29) is 11.6 Å². The number of ether oxygens (including phenoxy) is 1. The Labute approximate surface area is 93.1 Å². The summed E-state index contributed by atoms with van der Waals surface area (Å²) in [6.07, 6.45) is 1.43. The van der Waals surface area contributed by atoms with Gasteiger partial charge in [0.2, 0.25) is 0 Å². The molecule has 1 fully saturated rings. The van der Waals surface area contributed by atoms with Gasteiger partial charge >= 0.3 is 0 Å². The maximum Gasteiger partial charge on any atom is 0.193 e. The van der Waals surface area contributed by atoms with E-state index < -0.39 is 0 Å². The number of hydrogen-bond acceptors (Lipinski definition) is 3. The van der Waals surface area contributed by atoms with E-state index in [4.69, 9.17) is 4.74 Å². The van der Waals surface area contributed by atoms with Crippen LogP contribution in [0.25, 0.3) is 0 Å². The van der Waals surface area contributed by atoms with Crippen molar-refractivity contribution < 1.29 is 13.9 Å². The lowest BCUT2D eigenvalue weighted by Gasteiger charge is -2.08. The standard InChI is InChI=1S/C12H12FNO2/c1-14-6-7-16-12(14)8-11(15)9-2-4-10(13)5-3-9/h2-5,8H,6-7H2,1H3. The van der Waals surface area contributed by atoms with E-state index in [2.05, 4.69) is 0 Å². The highest BCUT2D eigenvalue weighted by Crippen LogP contribution is 2.13. The first-order chi connectivity index (χ1) is 7.66. The first-order valence-electron chi connectivity index (χ1n) is 5.02. The van der Waals surface area contributed by atoms with Gasteiger partial charge in [-0.1, -0.05) is 0 Å². The van der Waals surface area contributed by atoms with Crippen LogP contribution in [-0.2, 0) is 4.74 Å². The van der Waals surface area contributed by atoms with E-state index in [0.717, 1.165) is 6.54 Å². The highest BCUT2D eigenvalue weighted by Gasteiger charge is 2.15. The Balaban J connectivity index is 2.16. The second-order valence-electron chi connectivity index (χ2n) is 3.62. The molecule has 0 saturated carbocycles. The lowest BCUT2D eigenvalue weighted by atomic mass is 10.1. The normalized spacial score (nSPS) is 17.6. The molecule has 0 spiro atoms. The van der Waals surface area contributed by atoms with Gasteiger partial charge in [0.15, 0.2) is 11.7 Å². The second kappa shape index (κ2) is 4.35. The maximum atomic E-state index is 12.7. The van der Waals surface area contributed by atoms with Crippen LogP contribution in [0.4, 0.5) is 4.39 Å². The number of likely N-dealkylation sites (N-methyl/N-ethyl adjacent to an activating group) is 1. The molecule has 0 bridgehead atoms. The molecule has 0 N–H and O–H groups in total. The van der Waals surface area contributed by atoms with E-state index in [1.165, 1.54) is 30.3 Å². The number of ketones is 1. The van der Waals surface area contributed by atoms with Gasteiger partial charge in [-0.2, -0.15) is 0 Å². The molecular weight excluding hydrogens is 209 g/mol. The molecule has 0 unspecified atom stereocenters. The molecule has 1 aromatic carbocycles. The van der Waals surface area contributed by atoms with Crippen LogP contribution in [0.3, 0.4) is 0 Å². The van der Waals surface area contributed by atoms with Gasteiger partial charge in [0.1, 0.15) is 12.4 Å². The minimum Gasteiger partial charge on any atom is -0.477 e. The van der Waals surface area contributed by atoms with Gasteiger partial charge in [-0.3, -0.25) is 4.79 Å². The van der Waals surface area contributed by atoms with Gasteiger partial charge in [-0.15, -0.1) is 0 Å². The third kappa shape index (κ3) is 2.21. The number of carbonyl (C=O) groups is 1. The highest BCUT2D eigenvalue weighted by molar-refractivity contribution is 6.04. The maximum absolute atomic E-state index is 12.7. The van der Waals surface area contributed by atoms with Crippen molar-refractivity contribution in [1.82, 2.24) is 4.90 Å². The molecule has 0 amide bonds. The SMILES string of the molecule is CN1CCOC1=CC(=O)c1ccc(F)cc1. The van der Waals surface area contributed by atoms with Crippen LogP contribution in [-0.4, -0.2) is 30.9 Å². The van der Waals surface area contributed by atoms with Crippen molar-refractivity contribution in [3.63, 3.8) is 0 Å². The number of rotatable bonds is 2. The highest BCUT2D eigenvalue weighted by atomic mass is 19.1. The molecule has 1 aliphatic heterocycles. The smallest absolute Gasteiger partial charge is 0.193 e. The molecule has 84 valence electrons. The molecule has 4 heteroatoms. The Morgan fingerprint density at radius 3 is 2.69 bits per heavy atom. The van der Waals surface area contributed by atoms with Crippen molar-refractivity contribution in [2.75, 3.05) is 20.2 Å². The zero-order chi connectivity index (χ0) is 11.5. The summed E-state index contributed by atoms with van der Waals surface area (Å²) < 4.78 is 17.9. The molecule has 1 heterocycles. The summed E-state index contributed by atoms with van der Waals surface area (Å²) in [6, 6.07) is 5.46. The lowest BCUT2D eigenvalue weighted by Crippen LogP contribution is -2.12. The van der Waals surface area contributed by atoms with Crippen LogP contribution in [0, 0.1) is 5.82 Å². The fraction of sp³-hybridized carbons (Fsp3) is 0.250. The van der Waals surface area contributed by atoms with Crippen molar-refractivity contribution in [3.8, 4) is 0 Å². The van der Waals surface area contributed by atoms with E-state index in [1.807, 2.05) is 11.9 Å². The van der Waals surface area contributed by atoms with Crippen molar-refractivity contribution in [3.05, 3.63) is 47.6 Å². The molecule has 1 aromatic rings. The summed E-state index contributed by atoms with van der Waals surface area (Å²) in [5, 5.41) is 0. The Morgan fingerprint density at radius 2 is 2.12 bits per heavy atom. The molecule has 16 heavy (non-hydrogen) atoms. The minimum atomic E-state index is -0.349. The first kappa shape index (κ1) is 10.7. The predicted octanol–water partition coefficient (Wildman–Crippen LogP) is 1.81. The molecule has 1 saturated heterocycles. The van der Waals surface area contributed by atoms with Gasteiger partial charge < -0.3 is 9.64 Å². The third-order valence-electron chi connectivity index (χ3n) is 2.44. The predicted molar refractivity (Wildman–Crippen MR) is 57.4 cm³/mol. The number of carbonyl (C=O) groups excluding carboxylic acids is 1. The summed E-state index contributed by atoms with van der Waals surface area (Å²) in [7, 11) is 1.86. The van der Waals surface area contributed by atoms with Crippen LogP contribution in [0.1, 0.15) is 10.4 Å². The lowest BCUT2D eigenvalue weighted by molar-refractivity contribution is 0.103. The summed E-state index contributed by atoms with van der Waals surface area (Å²) in [5.74, 6) is 0.0384. The van der Waals surface area contributed by atoms with Crippen LogP contribution in [0.5, 0.6) is 0 Å². The zero-order valence-electron chi connectivity index (χ0n) is 8.94. The quantitative estimate of drug-likeness (QED) is 0.563. The molecule has 0 aromatic heterocycles. The van der Waals surface area contributed by atoms with Gasteiger partial charge in [-0.25, -0.2) is 4.39 Å². The van der Waals surface area contributed by atoms with E-state index in [0.29, 0.717) is 18.1 Å². The Bertz CT molecular complexity index is 425. The first-order valence-corrected chi connectivity index (χ1v) is 5.02. The van der Waals surface area contributed by atoms with Crippen LogP contribution >= 0.6 is 0 Å². The Hall–Kier alpha value is -1.84. The fourth-order valence-corrected chi connectivity index (χ4v) is 1.47. The number of allylic oxidation sites excluding steroid dienone is 1. The molecule has 0 aliphatic carbocycles. The summed E-state index contributed by atoms with van der Waals surface area (Å²) in [5.41, 5.74) is 0.456. The summed E-state index contributed by atoms with van der Waals surface area (Å²) in [6.45, 7) is 1.38. The third-order valence-corrected chi connectivity index (χ3v) is 2.44. The fourth-order valence-electron chi connectivity index (χ4n) is 1.47. The molecule has 2 rings (SSSR count). The molecule has 0 atom stereocenters. The van der Waals surface area contributed by atoms with Crippen molar-refractivity contribution in [2.24, 2.45) is 0 Å². The van der Waals surface area contributed by atoms with Gasteiger partial charge in [0, 0.05) is 18.7 Å². The van der Waals surface area contributed by atoms with Crippen molar-refractivity contribution in [2.45, 2.75) is 0 Å². The Morgan fingerprint density at radius 1 is 1.44 bits per heavy atom. The number of benzene rings is 1. The topological polar surface area (TPSA) is 29.5 Å². The average molecular weight is 221 g/mol. The zero-order valence-corrected chi connectivity index (χ0v) is 8.94. The van der Waals surface area contributed by atoms with E-state index in [9.17, 15) is 9.18 Å². The van der Waals surface area contributed by atoms with E-state index >= 15 is 0 Å². The van der Waals surface area contributed by atoms with Crippen LogP contribution in [0.2, 0.25) is 0 Å². The van der Waals surface area contributed by atoms with E-state index in [1.54, 1.807) is 0 Å². The van der Waals surface area contributed by atoms with Gasteiger partial charge in [0.25, 0.3) is 0 Å². The molecule has 0 radical (unpaired) electrons. The average Bonchev–Trinajstić information content (AvgIpc) is 2.65. The molecular formula is C12H12FNO2. The van der Waals surface area contributed by atoms with Gasteiger partial charge in [0.05, 0.1) is 6.54 Å². The summed E-state index contributed by atoms with van der Waals surface area (Å²) >= 11 is 0. The molecule has 3 nitrogen and oxygen atoms in total. The number of nitrogens with zero attached hydrogens (tertiary/aromatic N) is 1. The van der Waals surface area contributed by atoms with Crippen LogP contribution < -0.4 is 0 Å². The number of halogens is 1. The van der Waals surface area contributed by atoms with Gasteiger partial charge in [-0.05, 0) is 24.3 Å². The monoisotopic (exact) mass is 221 g/mol. The van der Waals surface area contributed by atoms with Crippen molar-refractivity contribution in [1.29, 1.82) is 0 Å².